The van der Waals surface area contributed by atoms with E-state index >= 15 is 0 Å². The third-order valence-electron chi connectivity index (χ3n) is 4.52. The molecule has 0 aliphatic carbocycles. The summed E-state index contributed by atoms with van der Waals surface area (Å²) in [6.07, 6.45) is 2.79. The van der Waals surface area contributed by atoms with E-state index in [2.05, 4.69) is 5.10 Å². The summed E-state index contributed by atoms with van der Waals surface area (Å²) in [4.78, 5) is 22.8. The molecule has 0 radical (unpaired) electrons. The highest BCUT2D eigenvalue weighted by Crippen LogP contribution is 2.27. The summed E-state index contributed by atoms with van der Waals surface area (Å²) < 4.78 is 6.38. The van der Waals surface area contributed by atoms with Crippen LogP contribution in [0, 0.1) is 11.3 Å². The molecule has 0 saturated carbocycles. The summed E-state index contributed by atoms with van der Waals surface area (Å²) in [7, 11) is 0. The average Bonchev–Trinajstić information content (AvgIpc) is 3.19. The van der Waals surface area contributed by atoms with Crippen molar-refractivity contribution >= 4 is 18.0 Å². The molecular weight excluding hydrogens is 394 g/mol. The van der Waals surface area contributed by atoms with Crippen molar-refractivity contribution < 1.29 is 19.4 Å². The van der Waals surface area contributed by atoms with Gasteiger partial charge >= 0.3 is 5.97 Å². The fourth-order valence-electron chi connectivity index (χ4n) is 3.04. The van der Waals surface area contributed by atoms with Gasteiger partial charge < -0.3 is 14.6 Å². The number of aliphatic carboxylic acids is 1. The third-order valence-corrected chi connectivity index (χ3v) is 4.52. The largest absolute Gasteiger partial charge is 0.550 e. The Kier molecular flexibility index (Phi) is 6.97. The molecule has 3 rings (SSSR count). The molecule has 7 nitrogen and oxygen atoms in total. The van der Waals surface area contributed by atoms with Gasteiger partial charge in [-0.2, -0.15) is 10.4 Å². The summed E-state index contributed by atoms with van der Waals surface area (Å²) in [6.45, 7) is 1.91. The standard InChI is InChI=1S/C24H21N3O4/c1-2-31-24(30)20(15-25)14-21-16-27(13-12-22(28)29)26-23(21)19-10-8-18(9-11-19)17-6-4-3-5-7-17/h3-11,14,16H,2,12-13H2,1H3,(H,28,29)/p-1/b20-14-. The molecule has 0 aliphatic heterocycles. The highest BCUT2D eigenvalue weighted by atomic mass is 16.5. The van der Waals surface area contributed by atoms with Crippen LogP contribution >= 0.6 is 0 Å². The Morgan fingerprint density at radius 2 is 1.74 bits per heavy atom. The highest BCUT2D eigenvalue weighted by Gasteiger charge is 2.15. The van der Waals surface area contributed by atoms with E-state index < -0.39 is 11.9 Å². The normalized spacial score (nSPS) is 11.0. The van der Waals surface area contributed by atoms with Crippen molar-refractivity contribution in [2.45, 2.75) is 19.9 Å². The van der Waals surface area contributed by atoms with Crippen molar-refractivity contribution in [3.05, 3.63) is 71.9 Å². The lowest BCUT2D eigenvalue weighted by atomic mass is 10.0. The molecule has 0 amide bonds. The van der Waals surface area contributed by atoms with Gasteiger partial charge in [0, 0.05) is 36.3 Å². The number of aryl methyl sites for hydroxylation is 1. The Bertz CT molecular complexity index is 1140. The molecule has 31 heavy (non-hydrogen) atoms. The summed E-state index contributed by atoms with van der Waals surface area (Å²) in [5.74, 6) is -1.91. The minimum absolute atomic E-state index is 0.104. The number of carboxylic acids is 1. The summed E-state index contributed by atoms with van der Waals surface area (Å²) in [5.41, 5.74) is 3.73. The van der Waals surface area contributed by atoms with Crippen LogP contribution in [-0.4, -0.2) is 28.3 Å². The Balaban J connectivity index is 2.00. The van der Waals surface area contributed by atoms with Gasteiger partial charge in [-0.05, 0) is 24.1 Å². The highest BCUT2D eigenvalue weighted by molar-refractivity contribution is 5.98. The molecule has 0 fully saturated rings. The molecule has 1 heterocycles. The van der Waals surface area contributed by atoms with E-state index in [1.807, 2.05) is 60.7 Å². The van der Waals surface area contributed by atoms with E-state index in [1.165, 1.54) is 10.8 Å². The number of aromatic nitrogens is 2. The number of nitriles is 1. The minimum atomic E-state index is -1.19. The quantitative estimate of drug-likeness (QED) is 0.319. The van der Waals surface area contributed by atoms with Crippen molar-refractivity contribution in [2.24, 2.45) is 0 Å². The van der Waals surface area contributed by atoms with Gasteiger partial charge in [0.05, 0.1) is 12.3 Å². The van der Waals surface area contributed by atoms with E-state index in [0.29, 0.717) is 11.3 Å². The topological polar surface area (TPSA) is 108 Å². The first-order valence-electron chi connectivity index (χ1n) is 9.74. The molecule has 1 aromatic heterocycles. The Hall–Kier alpha value is -4.18. The van der Waals surface area contributed by atoms with Gasteiger partial charge in [0.1, 0.15) is 11.6 Å². The Labute approximate surface area is 179 Å². The maximum absolute atomic E-state index is 12.0. The smallest absolute Gasteiger partial charge is 0.348 e. The monoisotopic (exact) mass is 414 g/mol. The number of hydrogen-bond acceptors (Lipinski definition) is 6. The molecule has 2 aromatic carbocycles. The number of carboxylic acid groups (broad SMARTS) is 1. The number of carbonyl (C=O) groups excluding carboxylic acids is 2. The van der Waals surface area contributed by atoms with Gasteiger partial charge in [0.25, 0.3) is 0 Å². The third kappa shape index (κ3) is 5.46. The van der Waals surface area contributed by atoms with E-state index in [-0.39, 0.29) is 25.1 Å². The predicted molar refractivity (Wildman–Crippen MR) is 113 cm³/mol. The first-order chi connectivity index (χ1) is 15.0. The molecular formula is C24H20N3O4-. The number of nitrogens with zero attached hydrogens (tertiary/aromatic N) is 3. The van der Waals surface area contributed by atoms with Crippen LogP contribution in [0.2, 0.25) is 0 Å². The first kappa shape index (κ1) is 21.5. The van der Waals surface area contributed by atoms with E-state index in [0.717, 1.165) is 16.7 Å². The summed E-state index contributed by atoms with van der Waals surface area (Å²) in [6, 6.07) is 19.4. The van der Waals surface area contributed by atoms with E-state index in [4.69, 9.17) is 4.74 Å². The van der Waals surface area contributed by atoms with Gasteiger partial charge in [-0.15, -0.1) is 0 Å². The average molecular weight is 414 g/mol. The van der Waals surface area contributed by atoms with Crippen LogP contribution in [0.15, 0.2) is 66.4 Å². The lowest BCUT2D eigenvalue weighted by Gasteiger charge is -2.05. The zero-order chi connectivity index (χ0) is 22.2. The van der Waals surface area contributed by atoms with Crippen LogP contribution in [0.1, 0.15) is 18.9 Å². The van der Waals surface area contributed by atoms with Gasteiger partial charge in [-0.25, -0.2) is 4.79 Å². The molecule has 0 unspecified atom stereocenters. The Morgan fingerprint density at radius 1 is 1.10 bits per heavy atom. The van der Waals surface area contributed by atoms with Crippen LogP contribution in [0.4, 0.5) is 0 Å². The molecule has 7 heteroatoms. The van der Waals surface area contributed by atoms with E-state index in [9.17, 15) is 20.0 Å². The molecule has 3 aromatic rings. The molecule has 0 N–H and O–H groups in total. The van der Waals surface area contributed by atoms with Crippen molar-refractivity contribution in [1.29, 1.82) is 5.26 Å². The molecule has 0 aliphatic rings. The molecule has 0 bridgehead atoms. The van der Waals surface area contributed by atoms with Crippen LogP contribution in [-0.2, 0) is 20.9 Å². The number of rotatable bonds is 8. The number of benzene rings is 2. The fourth-order valence-corrected chi connectivity index (χ4v) is 3.04. The molecule has 0 spiro atoms. The van der Waals surface area contributed by atoms with Gasteiger partial charge in [-0.1, -0.05) is 54.6 Å². The lowest BCUT2D eigenvalue weighted by molar-refractivity contribution is -0.306. The van der Waals surface area contributed by atoms with Gasteiger partial charge in [0.2, 0.25) is 0 Å². The maximum atomic E-state index is 12.0. The minimum Gasteiger partial charge on any atom is -0.550 e. The SMILES string of the molecule is CCOC(=O)/C(C#N)=C\c1cn(CCC(=O)[O-])nc1-c1ccc(-c2ccccc2)cc1. The molecule has 156 valence electrons. The second kappa shape index (κ2) is 10.0. The molecule has 0 saturated heterocycles. The zero-order valence-electron chi connectivity index (χ0n) is 16.9. The van der Waals surface area contributed by atoms with Crippen molar-refractivity contribution in [3.8, 4) is 28.5 Å². The second-order valence-electron chi connectivity index (χ2n) is 6.65. The van der Waals surface area contributed by atoms with Gasteiger partial charge in [-0.3, -0.25) is 4.68 Å². The maximum Gasteiger partial charge on any atom is 0.348 e. The van der Waals surface area contributed by atoms with Crippen LogP contribution in [0.5, 0.6) is 0 Å². The van der Waals surface area contributed by atoms with Gasteiger partial charge in [0.15, 0.2) is 0 Å². The predicted octanol–water partition coefficient (Wildman–Crippen LogP) is 2.83. The van der Waals surface area contributed by atoms with Crippen LogP contribution in [0.25, 0.3) is 28.5 Å². The van der Waals surface area contributed by atoms with Crippen molar-refractivity contribution in [3.63, 3.8) is 0 Å². The van der Waals surface area contributed by atoms with Crippen molar-refractivity contribution in [2.75, 3.05) is 6.61 Å². The number of esters is 1. The lowest BCUT2D eigenvalue weighted by Crippen LogP contribution is -2.23. The van der Waals surface area contributed by atoms with Crippen molar-refractivity contribution in [1.82, 2.24) is 9.78 Å². The number of ether oxygens (including phenoxy) is 1. The zero-order valence-corrected chi connectivity index (χ0v) is 16.9. The van der Waals surface area contributed by atoms with E-state index in [1.54, 1.807) is 13.1 Å². The second-order valence-corrected chi connectivity index (χ2v) is 6.65. The number of hydrogen-bond donors (Lipinski definition) is 0. The summed E-state index contributed by atoms with van der Waals surface area (Å²) >= 11 is 0. The number of carbonyl (C=O) groups is 2. The molecule has 0 atom stereocenters. The first-order valence-corrected chi connectivity index (χ1v) is 9.74. The fraction of sp³-hybridized carbons (Fsp3) is 0.167. The summed E-state index contributed by atoms with van der Waals surface area (Å²) in [5, 5.41) is 24.6. The van der Waals surface area contributed by atoms with Crippen LogP contribution < -0.4 is 5.11 Å². The van der Waals surface area contributed by atoms with Crippen LogP contribution in [0.3, 0.4) is 0 Å². The Morgan fingerprint density at radius 3 is 2.35 bits per heavy atom.